The maximum absolute atomic E-state index is 11.3. The number of benzene rings is 1. The molecule has 114 valence electrons. The van der Waals surface area contributed by atoms with Crippen LogP contribution in [0.4, 0.5) is 17.3 Å². The SMILES string of the molecule is N#CCOc1ccc(Nc2nc3ccccn3c2[N+](=O)[O-])cc1. The van der Waals surface area contributed by atoms with Crippen LogP contribution in [0.1, 0.15) is 0 Å². The highest BCUT2D eigenvalue weighted by Gasteiger charge is 2.22. The molecule has 0 aliphatic rings. The van der Waals surface area contributed by atoms with Gasteiger partial charge in [-0.1, -0.05) is 6.07 Å². The molecule has 3 aromatic rings. The molecule has 8 heteroatoms. The molecule has 1 N–H and O–H groups in total. The largest absolute Gasteiger partial charge is 0.479 e. The van der Waals surface area contributed by atoms with Crippen LogP contribution < -0.4 is 10.1 Å². The number of nitrogens with one attached hydrogen (secondary N) is 1. The Morgan fingerprint density at radius 2 is 2.09 bits per heavy atom. The van der Waals surface area contributed by atoms with E-state index in [0.29, 0.717) is 17.1 Å². The Balaban J connectivity index is 1.91. The number of hydrogen-bond donors (Lipinski definition) is 1. The third kappa shape index (κ3) is 2.89. The fraction of sp³-hybridized carbons (Fsp3) is 0.0667. The Bertz CT molecular complexity index is 896. The summed E-state index contributed by atoms with van der Waals surface area (Å²) >= 11 is 0. The van der Waals surface area contributed by atoms with Crippen LogP contribution in [0.2, 0.25) is 0 Å². The van der Waals surface area contributed by atoms with Gasteiger partial charge in [-0.25, -0.2) is 0 Å². The summed E-state index contributed by atoms with van der Waals surface area (Å²) in [4.78, 5) is 15.1. The number of ether oxygens (including phenoxy) is 1. The number of nitrogens with zero attached hydrogens (tertiary/aromatic N) is 4. The van der Waals surface area contributed by atoms with Crippen molar-refractivity contribution in [1.82, 2.24) is 9.38 Å². The maximum Gasteiger partial charge on any atom is 0.372 e. The van der Waals surface area contributed by atoms with Gasteiger partial charge in [0.1, 0.15) is 11.8 Å². The Morgan fingerprint density at radius 3 is 2.78 bits per heavy atom. The second-order valence-corrected chi connectivity index (χ2v) is 4.57. The molecule has 0 aliphatic carbocycles. The van der Waals surface area contributed by atoms with Crippen molar-refractivity contribution >= 4 is 23.0 Å². The van der Waals surface area contributed by atoms with Crippen molar-refractivity contribution in [2.75, 3.05) is 11.9 Å². The quantitative estimate of drug-likeness (QED) is 0.574. The lowest BCUT2D eigenvalue weighted by Gasteiger charge is -2.05. The van der Waals surface area contributed by atoms with Gasteiger partial charge in [0.2, 0.25) is 11.5 Å². The topological polar surface area (TPSA) is 105 Å². The van der Waals surface area contributed by atoms with Gasteiger partial charge >= 0.3 is 5.82 Å². The number of aromatic nitrogens is 2. The van der Waals surface area contributed by atoms with E-state index >= 15 is 0 Å². The molecule has 0 saturated heterocycles. The van der Waals surface area contributed by atoms with E-state index < -0.39 is 4.92 Å². The normalized spacial score (nSPS) is 10.2. The average molecular weight is 309 g/mol. The number of nitriles is 1. The Hall–Kier alpha value is -3.60. The van der Waals surface area contributed by atoms with Crippen molar-refractivity contribution in [2.24, 2.45) is 0 Å². The molecule has 0 fully saturated rings. The number of anilines is 2. The Labute approximate surface area is 130 Å². The zero-order valence-corrected chi connectivity index (χ0v) is 11.8. The molecule has 8 nitrogen and oxygen atoms in total. The van der Waals surface area contributed by atoms with Gasteiger partial charge in [0.15, 0.2) is 6.61 Å². The summed E-state index contributed by atoms with van der Waals surface area (Å²) in [5.74, 6) is 0.568. The van der Waals surface area contributed by atoms with Crippen LogP contribution >= 0.6 is 0 Å². The predicted molar refractivity (Wildman–Crippen MR) is 82.7 cm³/mol. The van der Waals surface area contributed by atoms with Crippen LogP contribution in [0.15, 0.2) is 48.7 Å². The summed E-state index contributed by atoms with van der Waals surface area (Å²) in [5, 5.41) is 22.7. The van der Waals surface area contributed by atoms with Gasteiger partial charge in [-0.15, -0.1) is 0 Å². The molecule has 0 aliphatic heterocycles. The van der Waals surface area contributed by atoms with Crippen molar-refractivity contribution in [3.8, 4) is 11.8 Å². The van der Waals surface area contributed by atoms with Gasteiger partial charge in [-0.3, -0.25) is 0 Å². The second-order valence-electron chi connectivity index (χ2n) is 4.57. The monoisotopic (exact) mass is 309 g/mol. The van der Waals surface area contributed by atoms with Crippen molar-refractivity contribution < 1.29 is 9.66 Å². The van der Waals surface area contributed by atoms with Gasteiger partial charge in [0.05, 0.1) is 6.20 Å². The van der Waals surface area contributed by atoms with Crippen LogP contribution in [0.3, 0.4) is 0 Å². The number of hydrogen-bond acceptors (Lipinski definition) is 6. The lowest BCUT2D eigenvalue weighted by Crippen LogP contribution is -1.99. The van der Waals surface area contributed by atoms with Gasteiger partial charge in [0.25, 0.3) is 0 Å². The Kier molecular flexibility index (Phi) is 3.76. The summed E-state index contributed by atoms with van der Waals surface area (Å²) < 4.78 is 6.56. The summed E-state index contributed by atoms with van der Waals surface area (Å²) in [5.41, 5.74) is 1.11. The molecule has 0 atom stereocenters. The van der Waals surface area contributed by atoms with Crippen molar-refractivity contribution in [2.45, 2.75) is 0 Å². The van der Waals surface area contributed by atoms with Gasteiger partial charge in [-0.05, 0) is 35.3 Å². The lowest BCUT2D eigenvalue weighted by atomic mass is 10.3. The van der Waals surface area contributed by atoms with E-state index in [9.17, 15) is 10.1 Å². The maximum atomic E-state index is 11.3. The molecule has 2 aromatic heterocycles. The van der Waals surface area contributed by atoms with E-state index in [4.69, 9.17) is 10.00 Å². The smallest absolute Gasteiger partial charge is 0.372 e. The zero-order valence-electron chi connectivity index (χ0n) is 11.8. The van der Waals surface area contributed by atoms with E-state index in [2.05, 4.69) is 10.3 Å². The fourth-order valence-electron chi connectivity index (χ4n) is 2.13. The van der Waals surface area contributed by atoms with E-state index in [1.54, 1.807) is 48.7 Å². The molecule has 23 heavy (non-hydrogen) atoms. The minimum Gasteiger partial charge on any atom is -0.479 e. The van der Waals surface area contributed by atoms with Crippen LogP contribution in [0.25, 0.3) is 5.65 Å². The van der Waals surface area contributed by atoms with Crippen molar-refractivity contribution in [3.05, 3.63) is 58.8 Å². The zero-order chi connectivity index (χ0) is 16.2. The number of rotatable bonds is 5. The second kappa shape index (κ2) is 6.03. The van der Waals surface area contributed by atoms with E-state index in [0.717, 1.165) is 0 Å². The minimum atomic E-state index is -0.479. The molecule has 1 aromatic carbocycles. The number of pyridine rings is 1. The van der Waals surface area contributed by atoms with E-state index in [1.807, 2.05) is 6.07 Å². The number of fused-ring (bicyclic) bond motifs is 1. The molecular formula is C15H11N5O3. The van der Waals surface area contributed by atoms with Crippen LogP contribution in [0, 0.1) is 21.4 Å². The molecule has 0 amide bonds. The van der Waals surface area contributed by atoms with Gasteiger partial charge < -0.3 is 20.2 Å². The molecule has 2 heterocycles. The summed E-state index contributed by atoms with van der Waals surface area (Å²) in [7, 11) is 0. The van der Waals surface area contributed by atoms with Crippen LogP contribution in [-0.2, 0) is 0 Å². The first-order valence-electron chi connectivity index (χ1n) is 6.67. The highest BCUT2D eigenvalue weighted by Crippen LogP contribution is 2.28. The molecule has 0 unspecified atom stereocenters. The van der Waals surface area contributed by atoms with E-state index in [1.165, 1.54) is 4.40 Å². The highest BCUT2D eigenvalue weighted by atomic mass is 16.6. The molecular weight excluding hydrogens is 298 g/mol. The van der Waals surface area contributed by atoms with Crippen LogP contribution in [-0.4, -0.2) is 20.9 Å². The highest BCUT2D eigenvalue weighted by molar-refractivity contribution is 5.69. The summed E-state index contributed by atoms with van der Waals surface area (Å²) in [6.07, 6.45) is 1.59. The molecule has 0 spiro atoms. The van der Waals surface area contributed by atoms with Gasteiger partial charge in [0, 0.05) is 11.8 Å². The number of imidazole rings is 1. The summed E-state index contributed by atoms with van der Waals surface area (Å²) in [6.45, 7) is -0.0370. The van der Waals surface area contributed by atoms with E-state index in [-0.39, 0.29) is 18.2 Å². The first-order valence-corrected chi connectivity index (χ1v) is 6.67. The predicted octanol–water partition coefficient (Wildman–Crippen LogP) is 2.89. The standard InChI is InChI=1S/C15H11N5O3/c16-8-10-23-12-6-4-11(5-7-12)17-14-15(20(21)22)19-9-2-1-3-13(19)18-14/h1-7,9,17H,10H2. The third-order valence-electron chi connectivity index (χ3n) is 3.10. The van der Waals surface area contributed by atoms with Crippen LogP contribution in [0.5, 0.6) is 5.75 Å². The summed E-state index contributed by atoms with van der Waals surface area (Å²) in [6, 6.07) is 13.8. The fourth-order valence-corrected chi connectivity index (χ4v) is 2.13. The van der Waals surface area contributed by atoms with Gasteiger partial charge in [-0.2, -0.15) is 14.6 Å². The Morgan fingerprint density at radius 1 is 1.30 bits per heavy atom. The lowest BCUT2D eigenvalue weighted by molar-refractivity contribution is -0.389. The minimum absolute atomic E-state index is 0.0370. The average Bonchev–Trinajstić information content (AvgIpc) is 2.92. The molecule has 0 radical (unpaired) electrons. The third-order valence-corrected chi connectivity index (χ3v) is 3.10. The van der Waals surface area contributed by atoms with Crippen molar-refractivity contribution in [3.63, 3.8) is 0 Å². The first-order chi connectivity index (χ1) is 11.2. The molecule has 0 saturated carbocycles. The molecule has 3 rings (SSSR count). The number of nitro groups is 1. The van der Waals surface area contributed by atoms with Crippen molar-refractivity contribution in [1.29, 1.82) is 5.26 Å². The first kappa shape index (κ1) is 14.3. The molecule has 0 bridgehead atoms.